The Bertz CT molecular complexity index is 213. The molecule has 0 saturated carbocycles. The van der Waals surface area contributed by atoms with E-state index in [0.717, 1.165) is 19.3 Å². The Labute approximate surface area is 113 Å². The fourth-order valence-corrected chi connectivity index (χ4v) is 2.14. The van der Waals surface area contributed by atoms with Gasteiger partial charge in [-0.3, -0.25) is 0 Å². The summed E-state index contributed by atoms with van der Waals surface area (Å²) in [4.78, 5) is 0. The van der Waals surface area contributed by atoms with Gasteiger partial charge in [0.15, 0.2) is 0 Å². The normalized spacial score (nSPS) is 15.7. The Morgan fingerprint density at radius 2 is 1.89 bits per heavy atom. The molecule has 18 heavy (non-hydrogen) atoms. The first kappa shape index (κ1) is 17.6. The molecular formula is C16H32FN. The molecule has 0 aromatic rings. The first-order valence-electron chi connectivity index (χ1n) is 7.65. The summed E-state index contributed by atoms with van der Waals surface area (Å²) in [5.41, 5.74) is 7.37. The Kier molecular flexibility index (Phi) is 11.5. The zero-order valence-corrected chi connectivity index (χ0v) is 12.6. The monoisotopic (exact) mass is 257 g/mol. The van der Waals surface area contributed by atoms with Gasteiger partial charge in [0.1, 0.15) is 6.17 Å². The Morgan fingerprint density at radius 1 is 1.17 bits per heavy atom. The van der Waals surface area contributed by atoms with Crippen LogP contribution in [-0.2, 0) is 0 Å². The molecule has 0 aromatic heterocycles. The highest BCUT2D eigenvalue weighted by atomic mass is 19.1. The van der Waals surface area contributed by atoms with Crippen molar-refractivity contribution in [2.24, 2.45) is 5.73 Å². The SMILES string of the molecule is CCCCC/C=C(/C)CCC(N)CC(F)CCC. The van der Waals surface area contributed by atoms with Crippen molar-refractivity contribution in [3.8, 4) is 0 Å². The molecule has 1 nitrogen and oxygen atoms in total. The molecule has 0 heterocycles. The molecule has 0 amide bonds. The lowest BCUT2D eigenvalue weighted by atomic mass is 10.00. The third-order valence-electron chi connectivity index (χ3n) is 3.37. The van der Waals surface area contributed by atoms with Crippen LogP contribution in [0.15, 0.2) is 11.6 Å². The van der Waals surface area contributed by atoms with Gasteiger partial charge >= 0.3 is 0 Å². The molecule has 2 atom stereocenters. The van der Waals surface area contributed by atoms with E-state index in [2.05, 4.69) is 19.9 Å². The summed E-state index contributed by atoms with van der Waals surface area (Å²) < 4.78 is 13.4. The summed E-state index contributed by atoms with van der Waals surface area (Å²) in [7, 11) is 0. The molecule has 2 N–H and O–H groups in total. The van der Waals surface area contributed by atoms with E-state index in [1.807, 2.05) is 6.92 Å². The van der Waals surface area contributed by atoms with Crippen LogP contribution in [0.25, 0.3) is 0 Å². The number of allylic oxidation sites excluding steroid dienone is 2. The molecule has 0 aromatic carbocycles. The summed E-state index contributed by atoms with van der Waals surface area (Å²) in [5, 5.41) is 0. The van der Waals surface area contributed by atoms with Crippen molar-refractivity contribution in [2.45, 2.75) is 90.8 Å². The lowest BCUT2D eigenvalue weighted by molar-refractivity contribution is 0.272. The van der Waals surface area contributed by atoms with Gasteiger partial charge in [-0.1, -0.05) is 44.8 Å². The van der Waals surface area contributed by atoms with E-state index in [9.17, 15) is 4.39 Å². The largest absolute Gasteiger partial charge is 0.328 e. The number of hydrogen-bond acceptors (Lipinski definition) is 1. The number of unbranched alkanes of at least 4 members (excludes halogenated alkanes) is 3. The maximum atomic E-state index is 13.4. The number of halogens is 1. The maximum absolute atomic E-state index is 13.4. The van der Waals surface area contributed by atoms with Crippen LogP contribution >= 0.6 is 0 Å². The van der Waals surface area contributed by atoms with Crippen LogP contribution in [0, 0.1) is 0 Å². The second-order valence-corrected chi connectivity index (χ2v) is 5.47. The highest BCUT2D eigenvalue weighted by Gasteiger charge is 2.11. The molecule has 108 valence electrons. The average Bonchev–Trinajstić information content (AvgIpc) is 2.32. The first-order chi connectivity index (χ1) is 8.60. The Balaban J connectivity index is 3.66. The summed E-state index contributed by atoms with van der Waals surface area (Å²) in [6, 6.07) is 0.0190. The minimum Gasteiger partial charge on any atom is -0.328 e. The second-order valence-electron chi connectivity index (χ2n) is 5.47. The number of hydrogen-bond donors (Lipinski definition) is 1. The zero-order valence-electron chi connectivity index (χ0n) is 12.6. The molecule has 0 bridgehead atoms. The van der Waals surface area contributed by atoms with E-state index in [1.54, 1.807) is 0 Å². The van der Waals surface area contributed by atoms with Crippen LogP contribution in [-0.4, -0.2) is 12.2 Å². The standard InChI is InChI=1S/C16H32FN/c1-4-6-7-8-10-14(3)11-12-16(18)13-15(17)9-5-2/h10,15-16H,4-9,11-13,18H2,1-3H3/b14-10-. The molecule has 0 fully saturated rings. The van der Waals surface area contributed by atoms with Crippen molar-refractivity contribution in [3.05, 3.63) is 11.6 Å². The van der Waals surface area contributed by atoms with Gasteiger partial charge in [-0.2, -0.15) is 0 Å². The molecule has 2 heteroatoms. The van der Waals surface area contributed by atoms with Crippen molar-refractivity contribution in [2.75, 3.05) is 0 Å². The van der Waals surface area contributed by atoms with Crippen LogP contribution in [0.1, 0.15) is 78.6 Å². The topological polar surface area (TPSA) is 26.0 Å². The van der Waals surface area contributed by atoms with Crippen molar-refractivity contribution in [1.29, 1.82) is 0 Å². The van der Waals surface area contributed by atoms with E-state index >= 15 is 0 Å². The third kappa shape index (κ3) is 10.8. The van der Waals surface area contributed by atoms with Gasteiger partial charge in [-0.15, -0.1) is 0 Å². The Hall–Kier alpha value is -0.370. The van der Waals surface area contributed by atoms with Crippen molar-refractivity contribution in [1.82, 2.24) is 0 Å². The van der Waals surface area contributed by atoms with Crippen molar-refractivity contribution >= 4 is 0 Å². The maximum Gasteiger partial charge on any atom is 0.102 e. The molecule has 0 aliphatic carbocycles. The van der Waals surface area contributed by atoms with Crippen LogP contribution in [0.5, 0.6) is 0 Å². The van der Waals surface area contributed by atoms with Gasteiger partial charge in [0.2, 0.25) is 0 Å². The lowest BCUT2D eigenvalue weighted by Gasteiger charge is -2.14. The molecule has 0 rings (SSSR count). The van der Waals surface area contributed by atoms with Gasteiger partial charge in [0.25, 0.3) is 0 Å². The van der Waals surface area contributed by atoms with Gasteiger partial charge in [0, 0.05) is 6.04 Å². The quantitative estimate of drug-likeness (QED) is 0.402. The van der Waals surface area contributed by atoms with E-state index in [0.29, 0.717) is 12.8 Å². The van der Waals surface area contributed by atoms with E-state index < -0.39 is 6.17 Å². The molecule has 2 unspecified atom stereocenters. The fraction of sp³-hybridized carbons (Fsp3) is 0.875. The number of nitrogens with two attached hydrogens (primary N) is 1. The Morgan fingerprint density at radius 3 is 2.50 bits per heavy atom. The van der Waals surface area contributed by atoms with Gasteiger partial charge in [0.05, 0.1) is 0 Å². The average molecular weight is 257 g/mol. The highest BCUT2D eigenvalue weighted by Crippen LogP contribution is 2.14. The van der Waals surface area contributed by atoms with Crippen LogP contribution in [0.3, 0.4) is 0 Å². The molecule has 0 spiro atoms. The van der Waals surface area contributed by atoms with E-state index in [4.69, 9.17) is 5.73 Å². The molecular weight excluding hydrogens is 225 g/mol. The van der Waals surface area contributed by atoms with Gasteiger partial charge in [-0.05, 0) is 45.4 Å². The summed E-state index contributed by atoms with van der Waals surface area (Å²) in [6.07, 6.45) is 10.7. The van der Waals surface area contributed by atoms with Crippen molar-refractivity contribution < 1.29 is 4.39 Å². The lowest BCUT2D eigenvalue weighted by Crippen LogP contribution is -2.24. The van der Waals surface area contributed by atoms with Crippen LogP contribution < -0.4 is 5.73 Å². The highest BCUT2D eigenvalue weighted by molar-refractivity contribution is 4.98. The third-order valence-corrected chi connectivity index (χ3v) is 3.37. The van der Waals surface area contributed by atoms with Crippen molar-refractivity contribution in [3.63, 3.8) is 0 Å². The minimum absolute atomic E-state index is 0.0190. The molecule has 0 aliphatic heterocycles. The number of rotatable bonds is 11. The first-order valence-corrected chi connectivity index (χ1v) is 7.65. The summed E-state index contributed by atoms with van der Waals surface area (Å²) >= 11 is 0. The van der Waals surface area contributed by atoms with Crippen LogP contribution in [0.4, 0.5) is 4.39 Å². The zero-order chi connectivity index (χ0) is 13.8. The van der Waals surface area contributed by atoms with Crippen LogP contribution in [0.2, 0.25) is 0 Å². The predicted molar refractivity (Wildman–Crippen MR) is 79.5 cm³/mol. The van der Waals surface area contributed by atoms with E-state index in [-0.39, 0.29) is 6.04 Å². The summed E-state index contributed by atoms with van der Waals surface area (Å²) in [5.74, 6) is 0. The molecule has 0 saturated heterocycles. The smallest absolute Gasteiger partial charge is 0.102 e. The van der Waals surface area contributed by atoms with Gasteiger partial charge < -0.3 is 5.73 Å². The van der Waals surface area contributed by atoms with E-state index in [1.165, 1.54) is 31.3 Å². The fourth-order valence-electron chi connectivity index (χ4n) is 2.14. The number of alkyl halides is 1. The predicted octanol–water partition coefficient (Wildman–Crippen LogP) is 5.15. The minimum atomic E-state index is -0.709. The second kappa shape index (κ2) is 11.7. The van der Waals surface area contributed by atoms with Gasteiger partial charge in [-0.25, -0.2) is 4.39 Å². The molecule has 0 radical (unpaired) electrons. The molecule has 0 aliphatic rings. The summed E-state index contributed by atoms with van der Waals surface area (Å²) in [6.45, 7) is 6.40.